The maximum absolute atomic E-state index is 12.4. The lowest BCUT2D eigenvalue weighted by atomic mass is 10.1. The Hall–Kier alpha value is -2.38. The van der Waals surface area contributed by atoms with Gasteiger partial charge in [0.05, 0.1) is 18.9 Å². The molecule has 1 fully saturated rings. The van der Waals surface area contributed by atoms with Crippen LogP contribution in [0.4, 0.5) is 11.6 Å². The zero-order valence-corrected chi connectivity index (χ0v) is 13.1. The first-order valence-electron chi connectivity index (χ1n) is 7.31. The van der Waals surface area contributed by atoms with Gasteiger partial charge in [0.1, 0.15) is 4.70 Å². The maximum atomic E-state index is 12.4. The number of hydrogen-bond donors (Lipinski definition) is 1. The molecule has 0 radical (unpaired) electrons. The van der Waals surface area contributed by atoms with E-state index in [0.717, 1.165) is 11.1 Å². The summed E-state index contributed by atoms with van der Waals surface area (Å²) in [5, 5.41) is 1.91. The SMILES string of the molecule is Nc1cncc(-c2csc3c(=O)cc(N4CCOCC4)oc23)c1. The van der Waals surface area contributed by atoms with Crippen molar-refractivity contribution in [3.8, 4) is 11.1 Å². The summed E-state index contributed by atoms with van der Waals surface area (Å²) < 4.78 is 12.0. The van der Waals surface area contributed by atoms with Crippen LogP contribution in [-0.4, -0.2) is 31.3 Å². The third-order valence-corrected chi connectivity index (χ3v) is 4.80. The molecule has 1 aliphatic heterocycles. The summed E-state index contributed by atoms with van der Waals surface area (Å²) in [6, 6.07) is 3.39. The van der Waals surface area contributed by atoms with Crippen molar-refractivity contribution in [2.75, 3.05) is 36.9 Å². The van der Waals surface area contributed by atoms with Crippen LogP contribution in [-0.2, 0) is 4.74 Å². The van der Waals surface area contributed by atoms with Crippen molar-refractivity contribution < 1.29 is 9.15 Å². The standard InChI is InChI=1S/C16H15N3O3S/c17-11-5-10(7-18-8-11)12-9-23-16-13(20)6-14(22-15(12)16)19-1-3-21-4-2-19/h5-9H,1-4,17H2. The van der Waals surface area contributed by atoms with Crippen LogP contribution in [0.2, 0.25) is 0 Å². The predicted molar refractivity (Wildman–Crippen MR) is 91.0 cm³/mol. The molecule has 6 nitrogen and oxygen atoms in total. The van der Waals surface area contributed by atoms with Crippen LogP contribution in [0.25, 0.3) is 21.4 Å². The van der Waals surface area contributed by atoms with Crippen LogP contribution in [0.5, 0.6) is 0 Å². The number of nitrogens with zero attached hydrogens (tertiary/aromatic N) is 2. The molecule has 2 N–H and O–H groups in total. The average Bonchev–Trinajstić information content (AvgIpc) is 3.00. The number of aromatic nitrogens is 1. The lowest BCUT2D eigenvalue weighted by Gasteiger charge is -2.27. The number of nitrogen functional groups attached to an aromatic ring is 1. The van der Waals surface area contributed by atoms with Gasteiger partial charge in [-0.2, -0.15) is 0 Å². The Morgan fingerprint density at radius 1 is 1.22 bits per heavy atom. The van der Waals surface area contributed by atoms with Crippen LogP contribution >= 0.6 is 11.3 Å². The molecular formula is C16H15N3O3S. The second-order valence-electron chi connectivity index (χ2n) is 5.36. The van der Waals surface area contributed by atoms with Gasteiger partial charge in [-0.1, -0.05) is 0 Å². The van der Waals surface area contributed by atoms with E-state index in [9.17, 15) is 4.79 Å². The number of morpholine rings is 1. The third-order valence-electron chi connectivity index (χ3n) is 3.82. The summed E-state index contributed by atoms with van der Waals surface area (Å²) in [6.07, 6.45) is 3.31. The fraction of sp³-hybridized carbons (Fsp3) is 0.250. The minimum absolute atomic E-state index is 0.0270. The van der Waals surface area contributed by atoms with Gasteiger partial charge in [-0.3, -0.25) is 9.78 Å². The molecule has 1 saturated heterocycles. The molecule has 0 amide bonds. The lowest BCUT2D eigenvalue weighted by molar-refractivity contribution is 0.121. The molecule has 0 aliphatic carbocycles. The molecule has 1 aliphatic rings. The zero-order chi connectivity index (χ0) is 15.8. The average molecular weight is 329 g/mol. The van der Waals surface area contributed by atoms with Crippen LogP contribution in [0.1, 0.15) is 0 Å². The van der Waals surface area contributed by atoms with E-state index < -0.39 is 0 Å². The Bertz CT molecular complexity index is 912. The van der Waals surface area contributed by atoms with Gasteiger partial charge in [0.2, 0.25) is 5.43 Å². The lowest BCUT2D eigenvalue weighted by Crippen LogP contribution is -2.36. The minimum atomic E-state index is -0.0270. The van der Waals surface area contributed by atoms with Crippen molar-refractivity contribution in [2.24, 2.45) is 0 Å². The number of thiophene rings is 1. The van der Waals surface area contributed by atoms with Crippen LogP contribution in [0, 0.1) is 0 Å². The molecule has 23 heavy (non-hydrogen) atoms. The summed E-state index contributed by atoms with van der Waals surface area (Å²) in [4.78, 5) is 18.6. The maximum Gasteiger partial charge on any atom is 0.204 e. The molecule has 3 aromatic heterocycles. The van der Waals surface area contributed by atoms with Crippen molar-refractivity contribution >= 4 is 33.2 Å². The van der Waals surface area contributed by atoms with E-state index in [1.54, 1.807) is 18.5 Å². The number of nitrogens with two attached hydrogens (primary N) is 1. The van der Waals surface area contributed by atoms with E-state index in [-0.39, 0.29) is 5.43 Å². The van der Waals surface area contributed by atoms with Gasteiger partial charge in [0.25, 0.3) is 0 Å². The smallest absolute Gasteiger partial charge is 0.204 e. The van der Waals surface area contributed by atoms with E-state index >= 15 is 0 Å². The van der Waals surface area contributed by atoms with Crippen molar-refractivity contribution in [3.63, 3.8) is 0 Å². The highest BCUT2D eigenvalue weighted by atomic mass is 32.1. The highest BCUT2D eigenvalue weighted by Gasteiger charge is 2.18. The first-order chi connectivity index (χ1) is 11.2. The molecule has 0 spiro atoms. The van der Waals surface area contributed by atoms with Crippen molar-refractivity contribution in [1.82, 2.24) is 4.98 Å². The fourth-order valence-corrected chi connectivity index (χ4v) is 3.59. The van der Waals surface area contributed by atoms with Gasteiger partial charge in [-0.15, -0.1) is 11.3 Å². The van der Waals surface area contributed by atoms with Gasteiger partial charge in [-0.25, -0.2) is 0 Å². The van der Waals surface area contributed by atoms with Crippen molar-refractivity contribution in [1.29, 1.82) is 0 Å². The van der Waals surface area contributed by atoms with Crippen molar-refractivity contribution in [2.45, 2.75) is 0 Å². The van der Waals surface area contributed by atoms with Crippen LogP contribution in [0.3, 0.4) is 0 Å². The molecule has 0 atom stereocenters. The van der Waals surface area contributed by atoms with E-state index in [1.165, 1.54) is 11.3 Å². The molecular weight excluding hydrogens is 314 g/mol. The largest absolute Gasteiger partial charge is 0.439 e. The Kier molecular flexibility index (Phi) is 3.51. The molecule has 7 heteroatoms. The highest BCUT2D eigenvalue weighted by Crippen LogP contribution is 2.34. The van der Waals surface area contributed by atoms with E-state index in [4.69, 9.17) is 14.9 Å². The summed E-state index contributed by atoms with van der Waals surface area (Å²) in [7, 11) is 0. The molecule has 118 valence electrons. The zero-order valence-electron chi connectivity index (χ0n) is 12.3. The summed E-state index contributed by atoms with van der Waals surface area (Å²) in [5.41, 5.74) is 8.65. The third kappa shape index (κ3) is 2.58. The molecule has 4 heterocycles. The summed E-state index contributed by atoms with van der Waals surface area (Å²) in [5.74, 6) is 0.585. The molecule has 3 aromatic rings. The molecule has 4 rings (SSSR count). The van der Waals surface area contributed by atoms with E-state index in [0.29, 0.717) is 48.2 Å². The van der Waals surface area contributed by atoms with Crippen LogP contribution in [0.15, 0.2) is 39.1 Å². The topological polar surface area (TPSA) is 81.6 Å². The van der Waals surface area contributed by atoms with Gasteiger partial charge in [-0.05, 0) is 6.07 Å². The number of hydrogen-bond acceptors (Lipinski definition) is 7. The number of rotatable bonds is 2. The fourth-order valence-electron chi connectivity index (χ4n) is 2.67. The van der Waals surface area contributed by atoms with E-state index in [2.05, 4.69) is 4.98 Å². The Morgan fingerprint density at radius 3 is 2.83 bits per heavy atom. The molecule has 0 bridgehead atoms. The number of pyridine rings is 1. The first kappa shape index (κ1) is 14.2. The first-order valence-corrected chi connectivity index (χ1v) is 8.19. The van der Waals surface area contributed by atoms with Gasteiger partial charge < -0.3 is 19.8 Å². The van der Waals surface area contributed by atoms with Gasteiger partial charge in [0.15, 0.2) is 11.5 Å². The van der Waals surface area contributed by atoms with Gasteiger partial charge >= 0.3 is 0 Å². The summed E-state index contributed by atoms with van der Waals surface area (Å²) >= 11 is 1.38. The number of fused-ring (bicyclic) bond motifs is 1. The molecule has 0 unspecified atom stereocenters. The number of anilines is 2. The van der Waals surface area contributed by atoms with Crippen molar-refractivity contribution in [3.05, 3.63) is 40.1 Å². The Morgan fingerprint density at radius 2 is 2.04 bits per heavy atom. The predicted octanol–water partition coefficient (Wildman–Crippen LogP) is 2.34. The second kappa shape index (κ2) is 5.68. The van der Waals surface area contributed by atoms with Crippen LogP contribution < -0.4 is 16.1 Å². The normalized spacial score (nSPS) is 15.2. The summed E-state index contributed by atoms with van der Waals surface area (Å²) in [6.45, 7) is 2.70. The monoisotopic (exact) mass is 329 g/mol. The van der Waals surface area contributed by atoms with E-state index in [1.807, 2.05) is 16.3 Å². The quantitative estimate of drug-likeness (QED) is 0.777. The highest BCUT2D eigenvalue weighted by molar-refractivity contribution is 7.17. The Balaban J connectivity index is 1.86. The second-order valence-corrected chi connectivity index (χ2v) is 6.24. The molecule has 0 saturated carbocycles. The minimum Gasteiger partial charge on any atom is -0.439 e. The number of ether oxygens (including phenoxy) is 1. The molecule has 0 aromatic carbocycles. The van der Waals surface area contributed by atoms with Gasteiger partial charge in [0, 0.05) is 48.1 Å². The Labute approximate surface area is 136 Å².